The van der Waals surface area contributed by atoms with Crippen LogP contribution in [0.15, 0.2) is 41.8 Å². The topological polar surface area (TPSA) is 71.8 Å². The minimum Gasteiger partial charge on any atom is -0.493 e. The highest BCUT2D eigenvalue weighted by Gasteiger charge is 2.05. The fraction of sp³-hybridized carbons (Fsp3) is 0.200. The van der Waals surface area contributed by atoms with Crippen molar-refractivity contribution in [2.45, 2.75) is 24.3 Å². The van der Waals surface area contributed by atoms with Gasteiger partial charge in [-0.1, -0.05) is 24.8 Å². The van der Waals surface area contributed by atoms with Gasteiger partial charge in [0.15, 0.2) is 5.16 Å². The smallest absolute Gasteiger partial charge is 0.215 e. The highest BCUT2D eigenvalue weighted by molar-refractivity contribution is 7.98. The van der Waals surface area contributed by atoms with Crippen LogP contribution in [0.1, 0.15) is 18.2 Å². The summed E-state index contributed by atoms with van der Waals surface area (Å²) >= 11 is 1.50. The van der Waals surface area contributed by atoms with Crippen molar-refractivity contribution in [3.05, 3.63) is 47.9 Å². The normalized spacial score (nSPS) is 10.9. The van der Waals surface area contributed by atoms with Crippen LogP contribution in [-0.2, 0) is 12.2 Å². The zero-order valence-corrected chi connectivity index (χ0v) is 12.3. The Morgan fingerprint density at radius 3 is 2.67 bits per heavy atom. The molecule has 0 aliphatic carbocycles. The predicted octanol–water partition coefficient (Wildman–Crippen LogP) is 2.98. The van der Waals surface area contributed by atoms with Crippen molar-refractivity contribution in [3.8, 4) is 5.88 Å². The fourth-order valence-electron chi connectivity index (χ4n) is 1.95. The minimum atomic E-state index is 0.0220. The second-order valence-corrected chi connectivity index (χ2v) is 5.46. The molecule has 2 aromatic heterocycles. The summed E-state index contributed by atoms with van der Waals surface area (Å²) in [5.41, 5.74) is 3.72. The second-order valence-electron chi connectivity index (χ2n) is 4.52. The summed E-state index contributed by atoms with van der Waals surface area (Å²) in [4.78, 5) is 17.0. The third kappa shape index (κ3) is 3.28. The number of hydrogen-bond acceptors (Lipinski definition) is 6. The maximum Gasteiger partial charge on any atom is 0.215 e. The van der Waals surface area contributed by atoms with Gasteiger partial charge in [-0.3, -0.25) is 9.97 Å². The monoisotopic (exact) mass is 298 g/mol. The molecule has 3 rings (SSSR count). The van der Waals surface area contributed by atoms with Crippen LogP contribution in [0, 0.1) is 0 Å². The molecule has 1 aromatic carbocycles. The lowest BCUT2D eigenvalue weighted by Gasteiger charge is -2.04. The van der Waals surface area contributed by atoms with E-state index in [4.69, 9.17) is 0 Å². The molecule has 106 valence electrons. The van der Waals surface area contributed by atoms with Crippen molar-refractivity contribution in [1.82, 2.24) is 19.9 Å². The lowest BCUT2D eigenvalue weighted by atomic mass is 10.2. The lowest BCUT2D eigenvalue weighted by Crippen LogP contribution is -1.93. The predicted molar refractivity (Wildman–Crippen MR) is 82.2 cm³/mol. The van der Waals surface area contributed by atoms with E-state index in [1.54, 1.807) is 18.5 Å². The molecule has 0 radical (unpaired) electrons. The molecule has 0 unspecified atom stereocenters. The molecule has 2 heterocycles. The number of thioether (sulfide) groups is 1. The summed E-state index contributed by atoms with van der Waals surface area (Å²) in [7, 11) is 0. The molecule has 0 fully saturated rings. The summed E-state index contributed by atoms with van der Waals surface area (Å²) in [5.74, 6) is 0.743. The molecule has 0 bridgehead atoms. The minimum absolute atomic E-state index is 0.0220. The van der Waals surface area contributed by atoms with Gasteiger partial charge in [-0.15, -0.1) is 0 Å². The fourth-order valence-corrected chi connectivity index (χ4v) is 2.77. The van der Waals surface area contributed by atoms with Crippen LogP contribution in [0.25, 0.3) is 11.0 Å². The van der Waals surface area contributed by atoms with Gasteiger partial charge in [0.05, 0.1) is 11.0 Å². The van der Waals surface area contributed by atoms with E-state index in [2.05, 4.69) is 19.9 Å². The first kappa shape index (κ1) is 13.8. The molecule has 0 amide bonds. The molecular formula is C15H14N4OS. The third-order valence-electron chi connectivity index (χ3n) is 3.01. The standard InChI is InChI=1S/C15H14N4OS/c1-2-11-8-14(20)19-15(18-11)21-9-10-3-4-12-13(7-10)17-6-5-16-12/h3-8H,2,9H2,1H3,(H,18,19,20). The SMILES string of the molecule is CCc1cc(O)nc(SCc2ccc3nccnc3c2)n1. The highest BCUT2D eigenvalue weighted by atomic mass is 32.2. The quantitative estimate of drug-likeness (QED) is 0.590. The number of aromatic nitrogens is 4. The summed E-state index contributed by atoms with van der Waals surface area (Å²) in [6.07, 6.45) is 4.14. The van der Waals surface area contributed by atoms with E-state index in [9.17, 15) is 5.11 Å². The van der Waals surface area contributed by atoms with Crippen LogP contribution in [0.4, 0.5) is 0 Å². The van der Waals surface area contributed by atoms with E-state index in [-0.39, 0.29) is 5.88 Å². The van der Waals surface area contributed by atoms with E-state index in [0.717, 1.165) is 34.5 Å². The van der Waals surface area contributed by atoms with Gasteiger partial charge in [0.25, 0.3) is 0 Å². The maximum absolute atomic E-state index is 9.58. The molecule has 21 heavy (non-hydrogen) atoms. The molecule has 0 spiro atoms. The van der Waals surface area contributed by atoms with Crippen molar-refractivity contribution in [2.75, 3.05) is 0 Å². The first-order valence-electron chi connectivity index (χ1n) is 6.64. The van der Waals surface area contributed by atoms with Crippen LogP contribution in [0.3, 0.4) is 0 Å². The Kier molecular flexibility index (Phi) is 3.96. The van der Waals surface area contributed by atoms with E-state index in [1.807, 2.05) is 25.1 Å². The molecule has 0 aliphatic heterocycles. The van der Waals surface area contributed by atoms with Crippen LogP contribution in [0.5, 0.6) is 5.88 Å². The first-order chi connectivity index (χ1) is 10.2. The number of rotatable bonds is 4. The van der Waals surface area contributed by atoms with Crippen LogP contribution in [-0.4, -0.2) is 25.0 Å². The van der Waals surface area contributed by atoms with Crippen molar-refractivity contribution >= 4 is 22.8 Å². The Hall–Kier alpha value is -2.21. The van der Waals surface area contributed by atoms with E-state index in [0.29, 0.717) is 5.16 Å². The number of fused-ring (bicyclic) bond motifs is 1. The van der Waals surface area contributed by atoms with E-state index in [1.165, 1.54) is 11.8 Å². The second kappa shape index (κ2) is 6.05. The van der Waals surface area contributed by atoms with E-state index < -0.39 is 0 Å². The van der Waals surface area contributed by atoms with Gasteiger partial charge < -0.3 is 5.11 Å². The number of aromatic hydroxyl groups is 1. The molecule has 5 nitrogen and oxygen atoms in total. The molecule has 1 N–H and O–H groups in total. The van der Waals surface area contributed by atoms with Crippen molar-refractivity contribution in [1.29, 1.82) is 0 Å². The van der Waals surface area contributed by atoms with Gasteiger partial charge in [0.1, 0.15) is 0 Å². The third-order valence-corrected chi connectivity index (χ3v) is 3.93. The van der Waals surface area contributed by atoms with Gasteiger partial charge in [-0.05, 0) is 24.1 Å². The van der Waals surface area contributed by atoms with Crippen LogP contribution in [0.2, 0.25) is 0 Å². The molecule has 0 saturated heterocycles. The Labute approximate surface area is 126 Å². The van der Waals surface area contributed by atoms with Gasteiger partial charge in [0.2, 0.25) is 5.88 Å². The van der Waals surface area contributed by atoms with Gasteiger partial charge in [0, 0.05) is 29.9 Å². The number of benzene rings is 1. The number of hydrogen-bond donors (Lipinski definition) is 1. The Morgan fingerprint density at radius 2 is 1.86 bits per heavy atom. The molecule has 3 aromatic rings. The molecule has 0 saturated carbocycles. The molecule has 0 atom stereocenters. The number of nitrogens with zero attached hydrogens (tertiary/aromatic N) is 4. The summed E-state index contributed by atoms with van der Waals surface area (Å²) in [5, 5.41) is 10.2. The Balaban J connectivity index is 1.78. The van der Waals surface area contributed by atoms with Crippen molar-refractivity contribution in [3.63, 3.8) is 0 Å². The molecular weight excluding hydrogens is 284 g/mol. The summed E-state index contributed by atoms with van der Waals surface area (Å²) < 4.78 is 0. The molecule has 6 heteroatoms. The zero-order valence-electron chi connectivity index (χ0n) is 11.5. The van der Waals surface area contributed by atoms with Crippen LogP contribution >= 0.6 is 11.8 Å². The number of aryl methyl sites for hydroxylation is 1. The Morgan fingerprint density at radius 1 is 1.05 bits per heavy atom. The average molecular weight is 298 g/mol. The van der Waals surface area contributed by atoms with Crippen LogP contribution < -0.4 is 0 Å². The maximum atomic E-state index is 9.58. The average Bonchev–Trinajstić information content (AvgIpc) is 2.52. The van der Waals surface area contributed by atoms with Gasteiger partial charge in [-0.25, -0.2) is 4.98 Å². The summed E-state index contributed by atoms with van der Waals surface area (Å²) in [6.45, 7) is 2.00. The highest BCUT2D eigenvalue weighted by Crippen LogP contribution is 2.23. The molecule has 0 aliphatic rings. The largest absolute Gasteiger partial charge is 0.493 e. The zero-order chi connectivity index (χ0) is 14.7. The van der Waals surface area contributed by atoms with Gasteiger partial charge >= 0.3 is 0 Å². The summed E-state index contributed by atoms with van der Waals surface area (Å²) in [6, 6.07) is 7.58. The van der Waals surface area contributed by atoms with Gasteiger partial charge in [-0.2, -0.15) is 4.98 Å². The Bertz CT molecular complexity index is 778. The van der Waals surface area contributed by atoms with Crippen molar-refractivity contribution in [2.24, 2.45) is 0 Å². The van der Waals surface area contributed by atoms with Crippen molar-refractivity contribution < 1.29 is 5.11 Å². The van der Waals surface area contributed by atoms with E-state index >= 15 is 0 Å². The first-order valence-corrected chi connectivity index (χ1v) is 7.62. The lowest BCUT2D eigenvalue weighted by molar-refractivity contribution is 0.444.